The second kappa shape index (κ2) is 3.73. The number of nitrogens with one attached hydrogen (secondary N) is 3. The first kappa shape index (κ1) is 9.71. The minimum absolute atomic E-state index is 0.105. The van der Waals surface area contributed by atoms with Crippen LogP contribution in [-0.4, -0.2) is 29.9 Å². The van der Waals surface area contributed by atoms with Gasteiger partial charge in [0, 0.05) is 0 Å². The number of halogens is 1. The summed E-state index contributed by atoms with van der Waals surface area (Å²) in [5.74, 6) is 0.841. The molecule has 0 aliphatic rings. The molecule has 2 aromatic rings. The molecule has 0 aromatic carbocycles. The summed E-state index contributed by atoms with van der Waals surface area (Å²) in [5.41, 5.74) is -0.816. The average molecular weight is 231 g/mol. The summed E-state index contributed by atoms with van der Waals surface area (Å²) in [7, 11) is 0. The van der Waals surface area contributed by atoms with Gasteiger partial charge in [0.25, 0.3) is 0 Å². The van der Waals surface area contributed by atoms with Crippen molar-refractivity contribution in [2.45, 2.75) is 12.4 Å². The topological polar surface area (TPSA) is 112 Å². The number of H-pyrrole nitrogens is 3. The van der Waals surface area contributed by atoms with Crippen LogP contribution in [0.5, 0.6) is 0 Å². The fourth-order valence-electron chi connectivity index (χ4n) is 1.15. The van der Waals surface area contributed by atoms with E-state index in [2.05, 4.69) is 25.4 Å². The highest BCUT2D eigenvalue weighted by atomic mass is 35.5. The molecular formula is C6H7ClN6O2. The molecule has 0 spiro atoms. The van der Waals surface area contributed by atoms with Crippen molar-refractivity contribution < 1.29 is 0 Å². The van der Waals surface area contributed by atoms with Crippen LogP contribution >= 0.6 is 11.6 Å². The number of alkyl halides is 1. The Morgan fingerprint density at radius 2 is 2.07 bits per heavy atom. The molecule has 0 saturated carbocycles. The lowest BCUT2D eigenvalue weighted by molar-refractivity contribution is 0.693. The maximum absolute atomic E-state index is 11.3. The van der Waals surface area contributed by atoms with Crippen molar-refractivity contribution in [2.24, 2.45) is 0 Å². The molecule has 0 fully saturated rings. The Hall–Kier alpha value is -1.83. The zero-order chi connectivity index (χ0) is 10.8. The molecule has 0 radical (unpaired) electrons. The normalized spacial score (nSPS) is 10.7. The van der Waals surface area contributed by atoms with E-state index >= 15 is 0 Å². The summed E-state index contributed by atoms with van der Waals surface area (Å²) in [4.78, 5) is 24.4. The lowest BCUT2D eigenvalue weighted by Gasteiger charge is -1.98. The second-order valence-corrected chi connectivity index (χ2v) is 3.06. The second-order valence-electron chi connectivity index (χ2n) is 2.79. The highest BCUT2D eigenvalue weighted by Crippen LogP contribution is 1.97. The summed E-state index contributed by atoms with van der Waals surface area (Å²) in [5, 5.41) is 11.8. The van der Waals surface area contributed by atoms with E-state index in [0.29, 0.717) is 11.6 Å². The van der Waals surface area contributed by atoms with Crippen LogP contribution < -0.4 is 11.4 Å². The third-order valence-electron chi connectivity index (χ3n) is 1.81. The third kappa shape index (κ3) is 1.84. The first-order valence-corrected chi connectivity index (χ1v) is 4.58. The van der Waals surface area contributed by atoms with Crippen LogP contribution in [0, 0.1) is 0 Å². The molecule has 15 heavy (non-hydrogen) atoms. The Morgan fingerprint density at radius 1 is 1.27 bits per heavy atom. The van der Waals surface area contributed by atoms with Crippen molar-refractivity contribution in [2.75, 3.05) is 0 Å². The van der Waals surface area contributed by atoms with Crippen molar-refractivity contribution in [1.82, 2.24) is 29.9 Å². The average Bonchev–Trinajstić information content (AvgIpc) is 2.76. The maximum Gasteiger partial charge on any atom is 0.343 e. The van der Waals surface area contributed by atoms with Crippen LogP contribution in [0.1, 0.15) is 11.6 Å². The zero-order valence-electron chi connectivity index (χ0n) is 7.45. The SMILES string of the molecule is O=c1[nH]nc(Cn2c(CCl)n[nH]c2=O)[nH]1. The molecule has 9 heteroatoms. The van der Waals surface area contributed by atoms with Crippen LogP contribution in [0.4, 0.5) is 0 Å². The van der Waals surface area contributed by atoms with Crippen molar-refractivity contribution >= 4 is 11.6 Å². The fourth-order valence-corrected chi connectivity index (χ4v) is 1.35. The summed E-state index contributed by atoms with van der Waals surface area (Å²) in [6, 6.07) is 0. The fraction of sp³-hybridized carbons (Fsp3) is 0.333. The van der Waals surface area contributed by atoms with Crippen LogP contribution in [0.25, 0.3) is 0 Å². The number of rotatable bonds is 3. The Balaban J connectivity index is 2.35. The predicted molar refractivity (Wildman–Crippen MR) is 50.7 cm³/mol. The van der Waals surface area contributed by atoms with Crippen LogP contribution in [0.3, 0.4) is 0 Å². The number of aromatic nitrogens is 6. The number of aromatic amines is 3. The molecule has 0 saturated heterocycles. The van der Waals surface area contributed by atoms with Gasteiger partial charge in [0.1, 0.15) is 5.82 Å². The van der Waals surface area contributed by atoms with E-state index in [1.165, 1.54) is 4.57 Å². The van der Waals surface area contributed by atoms with Gasteiger partial charge in [-0.05, 0) is 0 Å². The highest BCUT2D eigenvalue weighted by molar-refractivity contribution is 6.16. The Kier molecular flexibility index (Phi) is 2.42. The van der Waals surface area contributed by atoms with Gasteiger partial charge >= 0.3 is 11.4 Å². The molecule has 0 amide bonds. The largest absolute Gasteiger partial charge is 0.343 e. The molecule has 0 aliphatic carbocycles. The van der Waals surface area contributed by atoms with E-state index in [9.17, 15) is 9.59 Å². The van der Waals surface area contributed by atoms with E-state index in [-0.39, 0.29) is 12.4 Å². The molecule has 3 N–H and O–H groups in total. The third-order valence-corrected chi connectivity index (χ3v) is 2.05. The monoisotopic (exact) mass is 230 g/mol. The quantitative estimate of drug-likeness (QED) is 0.573. The van der Waals surface area contributed by atoms with Crippen molar-refractivity contribution in [3.8, 4) is 0 Å². The predicted octanol–water partition coefficient (Wildman–Crippen LogP) is -1.23. The number of nitrogens with zero attached hydrogens (tertiary/aromatic N) is 3. The minimum atomic E-state index is -0.422. The van der Waals surface area contributed by atoms with Gasteiger partial charge in [0.15, 0.2) is 5.82 Å². The Morgan fingerprint density at radius 3 is 2.67 bits per heavy atom. The Labute approximate surface area is 87.3 Å². The molecule has 0 aliphatic heterocycles. The molecule has 0 atom stereocenters. The molecule has 8 nitrogen and oxygen atoms in total. The van der Waals surface area contributed by atoms with E-state index in [4.69, 9.17) is 11.6 Å². The molecule has 0 unspecified atom stereocenters. The molecule has 2 heterocycles. The summed E-state index contributed by atoms with van der Waals surface area (Å²) >= 11 is 5.57. The van der Waals surface area contributed by atoms with Gasteiger partial charge in [-0.25, -0.2) is 19.8 Å². The standard InChI is InChI=1S/C6H7ClN6O2/c7-1-4-10-12-6(15)13(4)2-3-8-5(14)11-9-3/h1-2H2,(H,12,15)(H2,8,9,11,14). The van der Waals surface area contributed by atoms with Crippen LogP contribution in [0.15, 0.2) is 9.59 Å². The van der Waals surface area contributed by atoms with Gasteiger partial charge in [0.2, 0.25) is 0 Å². The molecule has 0 bridgehead atoms. The molecular weight excluding hydrogens is 224 g/mol. The van der Waals surface area contributed by atoms with Crippen molar-refractivity contribution in [1.29, 1.82) is 0 Å². The van der Waals surface area contributed by atoms with E-state index in [1.807, 2.05) is 0 Å². The first-order chi connectivity index (χ1) is 7.20. The zero-order valence-corrected chi connectivity index (χ0v) is 8.21. The van der Waals surface area contributed by atoms with Gasteiger partial charge in [-0.1, -0.05) is 0 Å². The number of hydrogen-bond donors (Lipinski definition) is 3. The van der Waals surface area contributed by atoms with Crippen LogP contribution in [0.2, 0.25) is 0 Å². The van der Waals surface area contributed by atoms with Gasteiger partial charge in [0.05, 0.1) is 12.4 Å². The first-order valence-electron chi connectivity index (χ1n) is 4.04. The molecule has 80 valence electrons. The summed E-state index contributed by atoms with van der Waals surface area (Å²) < 4.78 is 1.29. The van der Waals surface area contributed by atoms with Gasteiger partial charge < -0.3 is 0 Å². The van der Waals surface area contributed by atoms with Crippen molar-refractivity contribution in [3.63, 3.8) is 0 Å². The lowest BCUT2D eigenvalue weighted by atomic mass is 10.5. The summed E-state index contributed by atoms with van der Waals surface area (Å²) in [6.07, 6.45) is 0. The molecule has 2 aromatic heterocycles. The molecule has 2 rings (SSSR count). The van der Waals surface area contributed by atoms with Crippen molar-refractivity contribution in [3.05, 3.63) is 32.6 Å². The van der Waals surface area contributed by atoms with Crippen LogP contribution in [-0.2, 0) is 12.4 Å². The number of hydrogen-bond acceptors (Lipinski definition) is 4. The summed E-state index contributed by atoms with van der Waals surface area (Å²) in [6.45, 7) is 0.121. The van der Waals surface area contributed by atoms with E-state index in [0.717, 1.165) is 0 Å². The minimum Gasteiger partial charge on any atom is -0.291 e. The van der Waals surface area contributed by atoms with E-state index < -0.39 is 11.4 Å². The Bertz CT molecular complexity index is 562. The lowest BCUT2D eigenvalue weighted by Crippen LogP contribution is -2.20. The highest BCUT2D eigenvalue weighted by Gasteiger charge is 2.09. The van der Waals surface area contributed by atoms with Gasteiger partial charge in [-0.2, -0.15) is 10.2 Å². The van der Waals surface area contributed by atoms with Gasteiger partial charge in [-0.3, -0.25) is 9.55 Å². The van der Waals surface area contributed by atoms with E-state index in [1.54, 1.807) is 0 Å². The van der Waals surface area contributed by atoms with Gasteiger partial charge in [-0.15, -0.1) is 11.6 Å². The smallest absolute Gasteiger partial charge is 0.291 e. The maximum atomic E-state index is 11.3.